The highest BCUT2D eigenvalue weighted by Gasteiger charge is 2.53. The zero-order valence-electron chi connectivity index (χ0n) is 37.4. The smallest absolute Gasteiger partial charge is 0.131 e. The van der Waals surface area contributed by atoms with E-state index in [9.17, 15) is 0 Å². The number of rotatable bonds is 4. The average molecular weight is 856 g/mol. The normalized spacial score (nSPS) is 15.0. The van der Waals surface area contributed by atoms with Gasteiger partial charge in [-0.05, 0) is 132 Å². The molecule has 2 aliphatic carbocycles. The van der Waals surface area contributed by atoms with Gasteiger partial charge in [0.2, 0.25) is 0 Å². The van der Waals surface area contributed by atoms with Crippen LogP contribution in [0.15, 0.2) is 231 Å². The molecule has 0 fully saturated rings. The first kappa shape index (κ1) is 38.1. The lowest BCUT2D eigenvalue weighted by Gasteiger charge is -2.42. The maximum atomic E-state index is 6.59. The molecule has 2 nitrogen and oxygen atoms in total. The number of benzene rings is 10. The lowest BCUT2D eigenvalue weighted by molar-refractivity contribution is 0.453. The van der Waals surface area contributed by atoms with Gasteiger partial charge in [0.25, 0.3) is 0 Å². The molecule has 2 heteroatoms. The van der Waals surface area contributed by atoms with Gasteiger partial charge in [0.1, 0.15) is 11.5 Å². The van der Waals surface area contributed by atoms with Crippen molar-refractivity contribution < 1.29 is 4.74 Å². The van der Waals surface area contributed by atoms with E-state index in [0.29, 0.717) is 0 Å². The van der Waals surface area contributed by atoms with Gasteiger partial charge in [-0.25, -0.2) is 0 Å². The minimum Gasteiger partial charge on any atom is -0.457 e. The molecule has 0 saturated heterocycles. The van der Waals surface area contributed by atoms with Crippen molar-refractivity contribution in [2.75, 3.05) is 4.90 Å². The second-order valence-corrected chi connectivity index (χ2v) is 19.1. The van der Waals surface area contributed by atoms with E-state index in [1.54, 1.807) is 0 Å². The molecule has 0 amide bonds. The Bertz CT molecular complexity index is 3560. The second kappa shape index (κ2) is 14.1. The Morgan fingerprint density at radius 1 is 0.358 bits per heavy atom. The third-order valence-electron chi connectivity index (χ3n) is 15.4. The zero-order chi connectivity index (χ0) is 44.4. The van der Waals surface area contributed by atoms with Crippen LogP contribution in [-0.2, 0) is 10.8 Å². The molecule has 14 rings (SSSR count). The van der Waals surface area contributed by atoms with Crippen LogP contribution in [0.1, 0.15) is 69.8 Å². The molecule has 10 aromatic rings. The third kappa shape index (κ3) is 5.27. The zero-order valence-corrected chi connectivity index (χ0v) is 37.4. The highest BCUT2D eigenvalue weighted by atomic mass is 16.5. The Morgan fingerprint density at radius 3 is 1.57 bits per heavy atom. The summed E-state index contributed by atoms with van der Waals surface area (Å²) in [4.78, 5) is 2.46. The maximum absolute atomic E-state index is 6.59. The van der Waals surface area contributed by atoms with Gasteiger partial charge in [0.15, 0.2) is 0 Å². The SMILES string of the molecule is CC1(C)c2ccccc2N(c2ccc(-c3ccccc3)cc2)c2ccc(-c3ccc4c(c3)C3(c5ccccc5-c5ccccc53)c3cccc(C5c6ccccc6Oc6ccccc65)c3-4)cc21. The monoisotopic (exact) mass is 855 g/mol. The van der Waals surface area contributed by atoms with E-state index in [1.807, 2.05) is 0 Å². The highest BCUT2D eigenvalue weighted by Crippen LogP contribution is 2.65. The minimum atomic E-state index is -0.511. The van der Waals surface area contributed by atoms with Crippen LogP contribution in [0.25, 0.3) is 44.5 Å². The molecule has 0 unspecified atom stereocenters. The van der Waals surface area contributed by atoms with Crippen molar-refractivity contribution in [3.63, 3.8) is 0 Å². The third-order valence-corrected chi connectivity index (χ3v) is 15.4. The predicted octanol–water partition coefficient (Wildman–Crippen LogP) is 16.8. The van der Waals surface area contributed by atoms with E-state index in [4.69, 9.17) is 4.74 Å². The number of nitrogens with zero attached hydrogens (tertiary/aromatic N) is 1. The average Bonchev–Trinajstić information content (AvgIpc) is 3.86. The molecule has 0 aromatic heterocycles. The summed E-state index contributed by atoms with van der Waals surface area (Å²) in [5, 5.41) is 0. The summed E-state index contributed by atoms with van der Waals surface area (Å²) in [5.74, 6) is 1.84. The maximum Gasteiger partial charge on any atom is 0.131 e. The van der Waals surface area contributed by atoms with Crippen LogP contribution < -0.4 is 9.64 Å². The van der Waals surface area contributed by atoms with Gasteiger partial charge >= 0.3 is 0 Å². The first-order chi connectivity index (χ1) is 33.0. The Balaban J connectivity index is 0.979. The summed E-state index contributed by atoms with van der Waals surface area (Å²) >= 11 is 0. The topological polar surface area (TPSA) is 12.5 Å². The summed E-state index contributed by atoms with van der Waals surface area (Å²) in [6.07, 6.45) is 0. The molecule has 0 saturated carbocycles. The Hall–Kier alpha value is -8.20. The van der Waals surface area contributed by atoms with Crippen molar-refractivity contribution in [3.8, 4) is 56.0 Å². The van der Waals surface area contributed by atoms with E-state index in [0.717, 1.165) is 17.2 Å². The molecule has 0 radical (unpaired) electrons. The van der Waals surface area contributed by atoms with Crippen LogP contribution in [0, 0.1) is 0 Å². The molecule has 2 aliphatic heterocycles. The standard InChI is InChI=1S/C65H45NO/c1-64(2)54-26-12-13-28-58(54)66(45-35-31-42(32-36-45)41-17-4-3-5-18-41)59-38-34-44(40-57(59)64)43-33-37-48-56(39-43)65(52-24-10-6-19-46(52)47-20-7-11-25-53(47)65)55-27-16-23-51(63(48)55)62-49-21-8-14-29-60(49)67-61-30-15-9-22-50(61)62/h3-40,62H,1-2H3. The van der Waals surface area contributed by atoms with Crippen molar-refractivity contribution in [1.82, 2.24) is 0 Å². The number of ether oxygens (including phenoxy) is 1. The summed E-state index contributed by atoms with van der Waals surface area (Å²) < 4.78 is 6.59. The molecule has 2 heterocycles. The number of fused-ring (bicyclic) bond motifs is 14. The summed E-state index contributed by atoms with van der Waals surface area (Å²) in [5.41, 5.74) is 24.6. The van der Waals surface area contributed by atoms with Gasteiger partial charge in [0, 0.05) is 28.1 Å². The molecule has 67 heavy (non-hydrogen) atoms. The number of para-hydroxylation sites is 3. The molecular weight excluding hydrogens is 811 g/mol. The van der Waals surface area contributed by atoms with Crippen molar-refractivity contribution in [2.24, 2.45) is 0 Å². The fourth-order valence-electron chi connectivity index (χ4n) is 12.5. The first-order valence-electron chi connectivity index (χ1n) is 23.5. The Morgan fingerprint density at radius 2 is 0.866 bits per heavy atom. The van der Waals surface area contributed by atoms with Crippen LogP contribution >= 0.6 is 0 Å². The van der Waals surface area contributed by atoms with Crippen molar-refractivity contribution >= 4 is 17.1 Å². The van der Waals surface area contributed by atoms with Gasteiger partial charge in [0.05, 0.1) is 16.8 Å². The molecule has 0 atom stereocenters. The highest BCUT2D eigenvalue weighted by molar-refractivity contribution is 5.98. The molecule has 0 N–H and O–H groups in total. The summed E-state index contributed by atoms with van der Waals surface area (Å²) in [6.45, 7) is 4.78. The molecule has 4 aliphatic rings. The summed E-state index contributed by atoms with van der Waals surface area (Å²) in [6, 6.07) is 85.7. The Labute approximate surface area is 392 Å². The van der Waals surface area contributed by atoms with Crippen LogP contribution in [0.5, 0.6) is 11.5 Å². The number of hydrogen-bond acceptors (Lipinski definition) is 2. The quantitative estimate of drug-likeness (QED) is 0.175. The van der Waals surface area contributed by atoms with Crippen LogP contribution in [0.3, 0.4) is 0 Å². The molecule has 10 aromatic carbocycles. The van der Waals surface area contributed by atoms with E-state index in [2.05, 4.69) is 249 Å². The Kier molecular flexibility index (Phi) is 8.05. The van der Waals surface area contributed by atoms with Gasteiger partial charge < -0.3 is 9.64 Å². The largest absolute Gasteiger partial charge is 0.457 e. The van der Waals surface area contributed by atoms with Gasteiger partial charge in [-0.2, -0.15) is 0 Å². The van der Waals surface area contributed by atoms with E-state index < -0.39 is 5.41 Å². The second-order valence-electron chi connectivity index (χ2n) is 19.1. The number of hydrogen-bond donors (Lipinski definition) is 0. The van der Waals surface area contributed by atoms with E-state index >= 15 is 0 Å². The molecular formula is C65H45NO. The van der Waals surface area contributed by atoms with Gasteiger partial charge in [-0.15, -0.1) is 0 Å². The van der Waals surface area contributed by atoms with Crippen LogP contribution in [0.2, 0.25) is 0 Å². The minimum absolute atomic E-state index is 0.00564. The van der Waals surface area contributed by atoms with Crippen molar-refractivity contribution in [3.05, 3.63) is 281 Å². The lowest BCUT2D eigenvalue weighted by atomic mass is 9.69. The van der Waals surface area contributed by atoms with Crippen molar-refractivity contribution in [1.29, 1.82) is 0 Å². The van der Waals surface area contributed by atoms with Crippen molar-refractivity contribution in [2.45, 2.75) is 30.6 Å². The fraction of sp³-hybridized carbons (Fsp3) is 0.0769. The lowest BCUT2D eigenvalue weighted by Crippen LogP contribution is -2.30. The predicted molar refractivity (Wildman–Crippen MR) is 274 cm³/mol. The van der Waals surface area contributed by atoms with E-state index in [-0.39, 0.29) is 11.3 Å². The van der Waals surface area contributed by atoms with Gasteiger partial charge in [-0.3, -0.25) is 0 Å². The molecule has 0 bridgehead atoms. The first-order valence-corrected chi connectivity index (χ1v) is 23.5. The van der Waals surface area contributed by atoms with Crippen LogP contribution in [-0.4, -0.2) is 0 Å². The van der Waals surface area contributed by atoms with Crippen LogP contribution in [0.4, 0.5) is 17.1 Å². The molecule has 316 valence electrons. The number of anilines is 3. The fourth-order valence-corrected chi connectivity index (χ4v) is 12.5. The summed E-state index contributed by atoms with van der Waals surface area (Å²) in [7, 11) is 0. The van der Waals surface area contributed by atoms with E-state index in [1.165, 1.54) is 106 Å². The van der Waals surface area contributed by atoms with Gasteiger partial charge in [-0.1, -0.05) is 196 Å². The molecule has 1 spiro atoms.